The Kier molecular flexibility index (Phi) is 3.93. The highest BCUT2D eigenvalue weighted by atomic mass is 35.5. The summed E-state index contributed by atoms with van der Waals surface area (Å²) in [7, 11) is 0. The van der Waals surface area contributed by atoms with Crippen molar-refractivity contribution in [3.8, 4) is 10.6 Å². The highest BCUT2D eigenvalue weighted by Crippen LogP contribution is 2.26. The van der Waals surface area contributed by atoms with E-state index < -0.39 is 5.38 Å². The van der Waals surface area contributed by atoms with Crippen molar-refractivity contribution in [2.45, 2.75) is 19.2 Å². The number of nitrogens with one attached hydrogen (secondary N) is 1. The van der Waals surface area contributed by atoms with Gasteiger partial charge in [-0.3, -0.25) is 10.1 Å². The lowest BCUT2D eigenvalue weighted by Crippen LogP contribution is -2.20. The largest absolute Gasteiger partial charge is 0.299 e. The first-order valence-electron chi connectivity index (χ1n) is 5.42. The third-order valence-electron chi connectivity index (χ3n) is 2.31. The Labute approximate surface area is 114 Å². The molecule has 1 N–H and O–H groups in total. The van der Waals surface area contributed by atoms with Crippen LogP contribution in [0.25, 0.3) is 10.6 Å². The second kappa shape index (κ2) is 5.46. The molecule has 0 fully saturated rings. The molecule has 94 valence electrons. The summed E-state index contributed by atoms with van der Waals surface area (Å²) in [6, 6.07) is 7.98. The molecular weight excluding hydrogens is 270 g/mol. The van der Waals surface area contributed by atoms with Crippen molar-refractivity contribution in [1.29, 1.82) is 0 Å². The number of aromatic nitrogens is 2. The number of hydrogen-bond donors (Lipinski definition) is 1. The van der Waals surface area contributed by atoms with Gasteiger partial charge in [-0.15, -0.1) is 21.8 Å². The molecule has 0 unspecified atom stereocenters. The molecule has 0 spiro atoms. The number of benzene rings is 1. The van der Waals surface area contributed by atoms with Crippen molar-refractivity contribution in [1.82, 2.24) is 10.2 Å². The van der Waals surface area contributed by atoms with Gasteiger partial charge in [0.25, 0.3) is 0 Å². The maximum atomic E-state index is 11.4. The van der Waals surface area contributed by atoms with E-state index in [1.807, 2.05) is 31.2 Å². The number of hydrogen-bond acceptors (Lipinski definition) is 4. The van der Waals surface area contributed by atoms with E-state index in [4.69, 9.17) is 11.6 Å². The molecule has 1 aromatic heterocycles. The fourth-order valence-corrected chi connectivity index (χ4v) is 2.10. The van der Waals surface area contributed by atoms with Crippen LogP contribution < -0.4 is 5.32 Å². The van der Waals surface area contributed by atoms with Crippen LogP contribution in [0.15, 0.2) is 24.3 Å². The zero-order chi connectivity index (χ0) is 13.1. The maximum Gasteiger partial charge on any atom is 0.243 e. The number of carbonyl (C=O) groups is 1. The maximum absolute atomic E-state index is 11.4. The van der Waals surface area contributed by atoms with Crippen molar-refractivity contribution in [3.05, 3.63) is 29.8 Å². The predicted octanol–water partition coefficient (Wildman–Crippen LogP) is 3.08. The molecule has 0 saturated carbocycles. The van der Waals surface area contributed by atoms with Crippen LogP contribution in [-0.4, -0.2) is 21.5 Å². The average molecular weight is 282 g/mol. The van der Waals surface area contributed by atoms with Gasteiger partial charge in [-0.05, 0) is 13.8 Å². The molecule has 1 aromatic carbocycles. The SMILES string of the molecule is Cc1ccc(-c2nnc(NC(=O)[C@H](C)Cl)s2)cc1. The van der Waals surface area contributed by atoms with Crippen LogP contribution in [0.3, 0.4) is 0 Å². The lowest BCUT2D eigenvalue weighted by Gasteiger charge is -2.00. The number of anilines is 1. The standard InChI is InChI=1S/C12H12ClN3OS/c1-7-3-5-9(6-4-7)11-15-16-12(18-11)14-10(17)8(2)13/h3-6,8H,1-2H3,(H,14,16,17)/t8-/m0/s1. The quantitative estimate of drug-likeness (QED) is 0.880. The third kappa shape index (κ3) is 3.05. The van der Waals surface area contributed by atoms with Crippen LogP contribution in [0.1, 0.15) is 12.5 Å². The van der Waals surface area contributed by atoms with Crippen LogP contribution in [-0.2, 0) is 4.79 Å². The summed E-state index contributed by atoms with van der Waals surface area (Å²) in [5.41, 5.74) is 2.17. The van der Waals surface area contributed by atoms with Crippen molar-refractivity contribution in [3.63, 3.8) is 0 Å². The minimum absolute atomic E-state index is 0.275. The summed E-state index contributed by atoms with van der Waals surface area (Å²) in [5, 5.41) is 11.2. The van der Waals surface area contributed by atoms with E-state index in [0.29, 0.717) is 5.13 Å². The first-order chi connectivity index (χ1) is 8.56. The Morgan fingerprint density at radius 2 is 2.00 bits per heavy atom. The van der Waals surface area contributed by atoms with Gasteiger partial charge in [0, 0.05) is 5.56 Å². The monoisotopic (exact) mass is 281 g/mol. The fraction of sp³-hybridized carbons (Fsp3) is 0.250. The normalized spacial score (nSPS) is 12.2. The van der Waals surface area contributed by atoms with Gasteiger partial charge in [0.15, 0.2) is 0 Å². The summed E-state index contributed by atoms with van der Waals surface area (Å²) in [6.07, 6.45) is 0. The third-order valence-corrected chi connectivity index (χ3v) is 3.40. The number of aryl methyl sites for hydroxylation is 1. The van der Waals surface area contributed by atoms with Gasteiger partial charge in [0.2, 0.25) is 11.0 Å². The van der Waals surface area contributed by atoms with Crippen molar-refractivity contribution < 1.29 is 4.79 Å². The first-order valence-corrected chi connectivity index (χ1v) is 6.67. The average Bonchev–Trinajstić information content (AvgIpc) is 2.78. The second-order valence-corrected chi connectivity index (χ2v) is 5.52. The topological polar surface area (TPSA) is 54.9 Å². The highest BCUT2D eigenvalue weighted by molar-refractivity contribution is 7.18. The predicted molar refractivity (Wildman–Crippen MR) is 74.0 cm³/mol. The zero-order valence-corrected chi connectivity index (χ0v) is 11.5. The molecule has 6 heteroatoms. The molecule has 0 radical (unpaired) electrons. The highest BCUT2D eigenvalue weighted by Gasteiger charge is 2.13. The zero-order valence-electron chi connectivity index (χ0n) is 9.98. The number of halogens is 1. The summed E-state index contributed by atoms with van der Waals surface area (Å²) in [6.45, 7) is 3.64. The van der Waals surface area contributed by atoms with Gasteiger partial charge in [0.1, 0.15) is 10.4 Å². The van der Waals surface area contributed by atoms with Crippen molar-refractivity contribution >= 4 is 34.0 Å². The Morgan fingerprint density at radius 1 is 1.33 bits per heavy atom. The van der Waals surface area contributed by atoms with Gasteiger partial charge in [0.05, 0.1) is 0 Å². The van der Waals surface area contributed by atoms with E-state index in [9.17, 15) is 4.79 Å². The molecule has 1 atom stereocenters. The Bertz CT molecular complexity index is 551. The number of amides is 1. The summed E-state index contributed by atoms with van der Waals surface area (Å²) < 4.78 is 0. The van der Waals surface area contributed by atoms with E-state index in [2.05, 4.69) is 15.5 Å². The molecule has 4 nitrogen and oxygen atoms in total. The molecule has 0 aliphatic heterocycles. The lowest BCUT2D eigenvalue weighted by atomic mass is 10.2. The number of rotatable bonds is 3. The molecular formula is C12H12ClN3OS. The Morgan fingerprint density at radius 3 is 2.61 bits per heavy atom. The number of nitrogens with zero attached hydrogens (tertiary/aromatic N) is 2. The Hall–Kier alpha value is -1.46. The van der Waals surface area contributed by atoms with Crippen LogP contribution in [0.4, 0.5) is 5.13 Å². The van der Waals surface area contributed by atoms with Crippen LogP contribution in [0, 0.1) is 6.92 Å². The van der Waals surface area contributed by atoms with E-state index in [1.165, 1.54) is 16.9 Å². The fourth-order valence-electron chi connectivity index (χ4n) is 1.29. The van der Waals surface area contributed by atoms with E-state index in [-0.39, 0.29) is 5.91 Å². The summed E-state index contributed by atoms with van der Waals surface area (Å²) in [4.78, 5) is 11.4. The summed E-state index contributed by atoms with van der Waals surface area (Å²) in [5.74, 6) is -0.275. The van der Waals surface area contributed by atoms with Crippen LogP contribution in [0.2, 0.25) is 0 Å². The molecule has 1 heterocycles. The van der Waals surface area contributed by atoms with Gasteiger partial charge in [-0.25, -0.2) is 0 Å². The number of alkyl halides is 1. The molecule has 0 aliphatic rings. The molecule has 0 saturated heterocycles. The molecule has 2 aromatic rings. The smallest absolute Gasteiger partial charge is 0.243 e. The first kappa shape index (κ1) is 13.0. The summed E-state index contributed by atoms with van der Waals surface area (Å²) >= 11 is 6.99. The Balaban J connectivity index is 2.15. The van der Waals surface area contributed by atoms with Gasteiger partial charge in [-0.1, -0.05) is 41.2 Å². The number of carbonyl (C=O) groups excluding carboxylic acids is 1. The van der Waals surface area contributed by atoms with Gasteiger partial charge >= 0.3 is 0 Å². The van der Waals surface area contributed by atoms with E-state index in [1.54, 1.807) is 6.92 Å². The molecule has 18 heavy (non-hydrogen) atoms. The second-order valence-electron chi connectivity index (χ2n) is 3.88. The van der Waals surface area contributed by atoms with Gasteiger partial charge < -0.3 is 0 Å². The lowest BCUT2D eigenvalue weighted by molar-refractivity contribution is -0.115. The van der Waals surface area contributed by atoms with Gasteiger partial charge in [-0.2, -0.15) is 0 Å². The minimum Gasteiger partial charge on any atom is -0.299 e. The van der Waals surface area contributed by atoms with E-state index >= 15 is 0 Å². The van der Waals surface area contributed by atoms with Crippen molar-refractivity contribution in [2.75, 3.05) is 5.32 Å². The molecule has 0 aliphatic carbocycles. The van der Waals surface area contributed by atoms with Crippen LogP contribution >= 0.6 is 22.9 Å². The van der Waals surface area contributed by atoms with Crippen molar-refractivity contribution in [2.24, 2.45) is 0 Å². The van der Waals surface area contributed by atoms with Crippen LogP contribution in [0.5, 0.6) is 0 Å². The minimum atomic E-state index is -0.586. The molecule has 0 bridgehead atoms. The van der Waals surface area contributed by atoms with E-state index in [0.717, 1.165) is 10.6 Å². The molecule has 1 amide bonds. The molecule has 2 rings (SSSR count).